The van der Waals surface area contributed by atoms with E-state index < -0.39 is 18.9 Å². The molecule has 0 aliphatic rings. The van der Waals surface area contributed by atoms with Gasteiger partial charge < -0.3 is 9.84 Å². The highest BCUT2D eigenvalue weighted by Crippen LogP contribution is 2.20. The van der Waals surface area contributed by atoms with E-state index in [1.165, 1.54) is 0 Å². The van der Waals surface area contributed by atoms with Gasteiger partial charge in [-0.05, 0) is 13.8 Å². The molecule has 0 saturated carbocycles. The van der Waals surface area contributed by atoms with Gasteiger partial charge in [-0.3, -0.25) is 0 Å². The smallest absolute Gasteiger partial charge is 0.382 e. The summed E-state index contributed by atoms with van der Waals surface area (Å²) in [6, 6.07) is 0. The van der Waals surface area contributed by atoms with E-state index in [2.05, 4.69) is 4.74 Å². The average molecular weight is 172 g/mol. The zero-order valence-electron chi connectivity index (χ0n) is 6.35. The van der Waals surface area contributed by atoms with Crippen molar-refractivity contribution in [3.63, 3.8) is 0 Å². The van der Waals surface area contributed by atoms with Crippen LogP contribution in [0.4, 0.5) is 13.2 Å². The summed E-state index contributed by atoms with van der Waals surface area (Å²) in [6.07, 6.45) is -7.24. The highest BCUT2D eigenvalue weighted by atomic mass is 19.4. The van der Waals surface area contributed by atoms with Gasteiger partial charge in [0.25, 0.3) is 0 Å². The molecule has 11 heavy (non-hydrogen) atoms. The van der Waals surface area contributed by atoms with Crippen LogP contribution in [0.2, 0.25) is 0 Å². The lowest BCUT2D eigenvalue weighted by molar-refractivity contribution is -0.219. The molecule has 0 radical (unpaired) electrons. The van der Waals surface area contributed by atoms with Gasteiger partial charge in [0.15, 0.2) is 6.10 Å². The molecule has 1 atom stereocenters. The first-order valence-corrected chi connectivity index (χ1v) is 3.20. The summed E-state index contributed by atoms with van der Waals surface area (Å²) < 4.78 is 39.3. The number of ether oxygens (including phenoxy) is 1. The average Bonchev–Trinajstić information content (AvgIpc) is 1.80. The molecule has 0 aliphatic heterocycles. The minimum absolute atomic E-state index is 0.299. The van der Waals surface area contributed by atoms with E-state index in [1.54, 1.807) is 13.8 Å². The first-order chi connectivity index (χ1) is 4.84. The third kappa shape index (κ3) is 5.03. The molecule has 0 rings (SSSR count). The Kier molecular flexibility index (Phi) is 3.82. The number of aliphatic hydroxyl groups excluding tert-OH is 1. The minimum Gasteiger partial charge on any atom is -0.382 e. The number of hydrogen-bond donors (Lipinski definition) is 1. The van der Waals surface area contributed by atoms with Crippen molar-refractivity contribution < 1.29 is 23.0 Å². The second-order valence-corrected chi connectivity index (χ2v) is 2.44. The van der Waals surface area contributed by atoms with Crippen molar-refractivity contribution in [2.45, 2.75) is 32.2 Å². The highest BCUT2D eigenvalue weighted by molar-refractivity contribution is 4.63. The molecule has 0 aromatic heterocycles. The maximum Gasteiger partial charge on any atom is 0.416 e. The van der Waals surface area contributed by atoms with Crippen molar-refractivity contribution in [2.75, 3.05) is 6.61 Å². The van der Waals surface area contributed by atoms with E-state index in [9.17, 15) is 13.2 Å². The summed E-state index contributed by atoms with van der Waals surface area (Å²) in [6.45, 7) is 2.51. The van der Waals surface area contributed by atoms with E-state index in [1.807, 2.05) is 0 Å². The number of hydrogen-bond acceptors (Lipinski definition) is 2. The maximum atomic E-state index is 11.6. The second-order valence-electron chi connectivity index (χ2n) is 2.44. The fourth-order valence-electron chi connectivity index (χ4n) is 0.378. The predicted molar refractivity (Wildman–Crippen MR) is 33.1 cm³/mol. The Morgan fingerprint density at radius 3 is 2.09 bits per heavy atom. The minimum atomic E-state index is -4.57. The number of alkyl halides is 3. The van der Waals surface area contributed by atoms with Crippen molar-refractivity contribution in [3.05, 3.63) is 0 Å². The molecule has 0 aromatic carbocycles. The molecule has 2 nitrogen and oxygen atoms in total. The van der Waals surface area contributed by atoms with Gasteiger partial charge in [0.05, 0.1) is 12.7 Å². The van der Waals surface area contributed by atoms with Crippen LogP contribution in [0.25, 0.3) is 0 Å². The third-order valence-electron chi connectivity index (χ3n) is 0.965. The van der Waals surface area contributed by atoms with Crippen LogP contribution in [0.15, 0.2) is 0 Å². The topological polar surface area (TPSA) is 29.5 Å². The van der Waals surface area contributed by atoms with Gasteiger partial charge in [-0.25, -0.2) is 0 Å². The summed E-state index contributed by atoms with van der Waals surface area (Å²) in [5, 5.41) is 8.38. The monoisotopic (exact) mass is 172 g/mol. The normalized spacial score (nSPS) is 15.5. The number of halogens is 3. The zero-order chi connectivity index (χ0) is 9.07. The lowest BCUT2D eigenvalue weighted by Gasteiger charge is -2.15. The highest BCUT2D eigenvalue weighted by Gasteiger charge is 2.38. The number of rotatable bonds is 3. The van der Waals surface area contributed by atoms with Crippen LogP contribution >= 0.6 is 0 Å². The van der Waals surface area contributed by atoms with E-state index >= 15 is 0 Å². The van der Waals surface area contributed by atoms with Gasteiger partial charge in [-0.1, -0.05) is 0 Å². The summed E-state index contributed by atoms with van der Waals surface area (Å²) in [5.74, 6) is 0. The molecule has 0 aliphatic carbocycles. The molecular formula is C6H11F3O2. The van der Waals surface area contributed by atoms with Crippen LogP contribution in [0.3, 0.4) is 0 Å². The summed E-state index contributed by atoms with van der Waals surface area (Å²) in [4.78, 5) is 0. The van der Waals surface area contributed by atoms with Crippen LogP contribution in [0, 0.1) is 0 Å². The molecule has 0 fully saturated rings. The van der Waals surface area contributed by atoms with Crippen molar-refractivity contribution in [1.29, 1.82) is 0 Å². The predicted octanol–water partition coefficient (Wildman–Crippen LogP) is 1.33. The standard InChI is InChI=1S/C6H11F3O2/c1-4(2)11-3-5(10)6(7,8)9/h4-5,10H,3H2,1-2H3/t5-/m1/s1. The summed E-state index contributed by atoms with van der Waals surface area (Å²) >= 11 is 0. The fraction of sp³-hybridized carbons (Fsp3) is 1.00. The van der Waals surface area contributed by atoms with Crippen LogP contribution in [-0.2, 0) is 4.74 Å². The van der Waals surface area contributed by atoms with Crippen LogP contribution in [0.5, 0.6) is 0 Å². The van der Waals surface area contributed by atoms with Gasteiger partial charge in [-0.15, -0.1) is 0 Å². The molecule has 0 spiro atoms. The molecule has 0 aromatic rings. The Bertz CT molecular complexity index is 111. The Morgan fingerprint density at radius 2 is 1.82 bits per heavy atom. The van der Waals surface area contributed by atoms with E-state index in [4.69, 9.17) is 5.11 Å². The van der Waals surface area contributed by atoms with Gasteiger partial charge in [0, 0.05) is 0 Å². The van der Waals surface area contributed by atoms with Gasteiger partial charge >= 0.3 is 6.18 Å². The van der Waals surface area contributed by atoms with E-state index in [-0.39, 0.29) is 6.10 Å². The Labute approximate surface area is 63.0 Å². The SMILES string of the molecule is CC(C)OC[C@@H](O)C(F)(F)F. The zero-order valence-corrected chi connectivity index (χ0v) is 6.35. The van der Waals surface area contributed by atoms with Gasteiger partial charge in [0.2, 0.25) is 0 Å². The van der Waals surface area contributed by atoms with Crippen molar-refractivity contribution >= 4 is 0 Å². The quantitative estimate of drug-likeness (QED) is 0.696. The van der Waals surface area contributed by atoms with Crippen LogP contribution in [0.1, 0.15) is 13.8 Å². The van der Waals surface area contributed by atoms with Crippen LogP contribution < -0.4 is 0 Å². The van der Waals surface area contributed by atoms with E-state index in [0.717, 1.165) is 0 Å². The van der Waals surface area contributed by atoms with Crippen molar-refractivity contribution in [2.24, 2.45) is 0 Å². The molecular weight excluding hydrogens is 161 g/mol. The van der Waals surface area contributed by atoms with Gasteiger partial charge in [0.1, 0.15) is 0 Å². The molecule has 0 bridgehead atoms. The molecule has 68 valence electrons. The van der Waals surface area contributed by atoms with Crippen molar-refractivity contribution in [1.82, 2.24) is 0 Å². The molecule has 5 heteroatoms. The molecule has 0 saturated heterocycles. The van der Waals surface area contributed by atoms with Gasteiger partial charge in [-0.2, -0.15) is 13.2 Å². The molecule has 0 heterocycles. The fourth-order valence-corrected chi connectivity index (χ4v) is 0.378. The largest absolute Gasteiger partial charge is 0.416 e. The van der Waals surface area contributed by atoms with Crippen LogP contribution in [-0.4, -0.2) is 30.1 Å². The lowest BCUT2D eigenvalue weighted by atomic mass is 10.3. The molecule has 0 amide bonds. The maximum absolute atomic E-state index is 11.6. The third-order valence-corrected chi connectivity index (χ3v) is 0.965. The Balaban J connectivity index is 3.61. The number of aliphatic hydroxyl groups is 1. The Morgan fingerprint density at radius 1 is 1.36 bits per heavy atom. The van der Waals surface area contributed by atoms with E-state index in [0.29, 0.717) is 0 Å². The Hall–Kier alpha value is -0.290. The summed E-state index contributed by atoms with van der Waals surface area (Å²) in [7, 11) is 0. The van der Waals surface area contributed by atoms with Crippen molar-refractivity contribution in [3.8, 4) is 0 Å². The summed E-state index contributed by atoms with van der Waals surface area (Å²) in [5.41, 5.74) is 0. The first kappa shape index (κ1) is 10.7. The molecule has 0 unspecified atom stereocenters. The first-order valence-electron chi connectivity index (χ1n) is 3.20. The second kappa shape index (κ2) is 3.92. The lowest BCUT2D eigenvalue weighted by Crippen LogP contribution is -2.33. The molecule has 1 N–H and O–H groups in total.